The lowest BCUT2D eigenvalue weighted by Gasteiger charge is -2.04. The Morgan fingerprint density at radius 2 is 2.00 bits per heavy atom. The van der Waals surface area contributed by atoms with E-state index in [1.807, 2.05) is 15.6 Å². The number of hydrogen-bond acceptors (Lipinski definition) is 3. The van der Waals surface area contributed by atoms with E-state index in [2.05, 4.69) is 55.6 Å². The van der Waals surface area contributed by atoms with E-state index in [0.717, 1.165) is 31.7 Å². The minimum atomic E-state index is 0. The van der Waals surface area contributed by atoms with Gasteiger partial charge in [0.1, 0.15) is 0 Å². The third kappa shape index (κ3) is 4.86. The minimum Gasteiger partial charge on any atom is -0.308 e. The van der Waals surface area contributed by atoms with Crippen LogP contribution in [0.2, 0.25) is 0 Å². The molecule has 0 aliphatic carbocycles. The summed E-state index contributed by atoms with van der Waals surface area (Å²) < 4.78 is 4.02. The summed E-state index contributed by atoms with van der Waals surface area (Å²) in [6.45, 7) is 11.2. The first kappa shape index (κ1) is 17.7. The summed E-state index contributed by atoms with van der Waals surface area (Å²) in [5.74, 6) is 0. The van der Waals surface area contributed by atoms with Crippen LogP contribution >= 0.6 is 12.4 Å². The van der Waals surface area contributed by atoms with Gasteiger partial charge in [-0.15, -0.1) is 12.4 Å². The van der Waals surface area contributed by atoms with E-state index in [-0.39, 0.29) is 12.4 Å². The van der Waals surface area contributed by atoms with Crippen LogP contribution in [0.5, 0.6) is 0 Å². The summed E-state index contributed by atoms with van der Waals surface area (Å²) in [6.07, 6.45) is 7.29. The van der Waals surface area contributed by atoms with Crippen molar-refractivity contribution >= 4 is 12.4 Å². The van der Waals surface area contributed by atoms with E-state index < -0.39 is 0 Å². The van der Waals surface area contributed by atoms with Crippen molar-refractivity contribution in [1.29, 1.82) is 0 Å². The Hall–Kier alpha value is -1.33. The van der Waals surface area contributed by atoms with Crippen molar-refractivity contribution in [3.63, 3.8) is 0 Å². The van der Waals surface area contributed by atoms with Crippen LogP contribution in [0.3, 0.4) is 0 Å². The summed E-state index contributed by atoms with van der Waals surface area (Å²) >= 11 is 0. The van der Waals surface area contributed by atoms with E-state index in [1.165, 1.54) is 11.1 Å². The quantitative estimate of drug-likeness (QED) is 0.855. The third-order valence-electron chi connectivity index (χ3n) is 3.33. The van der Waals surface area contributed by atoms with Gasteiger partial charge in [0, 0.05) is 49.2 Å². The van der Waals surface area contributed by atoms with Crippen molar-refractivity contribution in [2.75, 3.05) is 0 Å². The predicted octanol–water partition coefficient (Wildman–Crippen LogP) is 3.09. The van der Waals surface area contributed by atoms with Gasteiger partial charge in [-0.05, 0) is 27.2 Å². The zero-order valence-electron chi connectivity index (χ0n) is 13.3. The molecule has 2 aromatic rings. The second-order valence-corrected chi connectivity index (χ2v) is 5.53. The number of aromatic nitrogens is 4. The molecular weight excluding hydrogens is 286 g/mol. The lowest BCUT2D eigenvalue weighted by Crippen LogP contribution is -2.12. The highest BCUT2D eigenvalue weighted by atomic mass is 35.5. The van der Waals surface area contributed by atoms with Crippen molar-refractivity contribution < 1.29 is 0 Å². The molecule has 0 saturated carbocycles. The van der Waals surface area contributed by atoms with Crippen LogP contribution in [-0.2, 0) is 19.6 Å². The van der Waals surface area contributed by atoms with Crippen molar-refractivity contribution in [3.8, 4) is 0 Å². The SMILES string of the molecule is CCCn1cc(CNCc2cnn(C(C)C)c2)c(C)n1.Cl. The molecule has 1 N–H and O–H groups in total. The highest BCUT2D eigenvalue weighted by Crippen LogP contribution is 2.08. The summed E-state index contributed by atoms with van der Waals surface area (Å²) in [5.41, 5.74) is 3.61. The highest BCUT2D eigenvalue weighted by Gasteiger charge is 2.05. The van der Waals surface area contributed by atoms with Crippen molar-refractivity contribution in [2.45, 2.75) is 59.8 Å². The molecule has 2 aromatic heterocycles. The second kappa shape index (κ2) is 8.20. The average Bonchev–Trinajstić information content (AvgIpc) is 2.98. The van der Waals surface area contributed by atoms with Gasteiger partial charge in [-0.3, -0.25) is 9.36 Å². The van der Waals surface area contributed by atoms with Gasteiger partial charge >= 0.3 is 0 Å². The Bertz CT molecular complexity index is 544. The summed E-state index contributed by atoms with van der Waals surface area (Å²) in [5, 5.41) is 12.3. The first-order valence-corrected chi connectivity index (χ1v) is 7.36. The molecule has 0 unspecified atom stereocenters. The molecule has 0 atom stereocenters. The fourth-order valence-corrected chi connectivity index (χ4v) is 2.17. The smallest absolute Gasteiger partial charge is 0.0638 e. The number of nitrogens with zero attached hydrogens (tertiary/aromatic N) is 4. The number of rotatable bonds is 7. The first-order valence-electron chi connectivity index (χ1n) is 7.36. The molecule has 5 nitrogen and oxygen atoms in total. The Balaban J connectivity index is 0.00000220. The summed E-state index contributed by atoms with van der Waals surface area (Å²) in [4.78, 5) is 0. The van der Waals surface area contributed by atoms with E-state index in [1.54, 1.807) is 0 Å². The monoisotopic (exact) mass is 311 g/mol. The van der Waals surface area contributed by atoms with E-state index in [4.69, 9.17) is 0 Å². The molecule has 0 aromatic carbocycles. The molecular formula is C15H26ClN5. The standard InChI is InChI=1S/C15H25N5.ClH/c1-5-6-19-11-15(13(4)18-19)9-16-7-14-8-17-20(10-14)12(2)3;/h8,10-12,16H,5-7,9H2,1-4H3;1H. The number of aryl methyl sites for hydroxylation is 2. The van der Waals surface area contributed by atoms with Gasteiger partial charge < -0.3 is 5.32 Å². The molecule has 0 fully saturated rings. The van der Waals surface area contributed by atoms with Gasteiger partial charge in [0.15, 0.2) is 0 Å². The van der Waals surface area contributed by atoms with Crippen LogP contribution in [0.25, 0.3) is 0 Å². The lowest BCUT2D eigenvalue weighted by atomic mass is 10.2. The van der Waals surface area contributed by atoms with Crippen LogP contribution in [0.4, 0.5) is 0 Å². The number of halogens is 1. The maximum absolute atomic E-state index is 4.51. The zero-order chi connectivity index (χ0) is 14.5. The van der Waals surface area contributed by atoms with Crippen LogP contribution in [0, 0.1) is 6.92 Å². The van der Waals surface area contributed by atoms with Gasteiger partial charge in [0.25, 0.3) is 0 Å². The zero-order valence-corrected chi connectivity index (χ0v) is 14.2. The van der Waals surface area contributed by atoms with Crippen molar-refractivity contribution in [1.82, 2.24) is 24.9 Å². The Morgan fingerprint density at radius 3 is 2.62 bits per heavy atom. The van der Waals surface area contributed by atoms with Gasteiger partial charge in [-0.2, -0.15) is 10.2 Å². The highest BCUT2D eigenvalue weighted by molar-refractivity contribution is 5.85. The lowest BCUT2D eigenvalue weighted by molar-refractivity contribution is 0.531. The molecule has 0 radical (unpaired) electrons. The Kier molecular flexibility index (Phi) is 6.92. The topological polar surface area (TPSA) is 47.7 Å². The van der Waals surface area contributed by atoms with E-state index in [9.17, 15) is 0 Å². The van der Waals surface area contributed by atoms with E-state index >= 15 is 0 Å². The number of nitrogens with one attached hydrogen (secondary N) is 1. The molecule has 21 heavy (non-hydrogen) atoms. The molecule has 2 rings (SSSR count). The molecule has 0 bridgehead atoms. The van der Waals surface area contributed by atoms with Crippen LogP contribution in [0.15, 0.2) is 18.6 Å². The molecule has 2 heterocycles. The van der Waals surface area contributed by atoms with Gasteiger partial charge in [-0.1, -0.05) is 6.92 Å². The summed E-state index contributed by atoms with van der Waals surface area (Å²) in [7, 11) is 0. The fourth-order valence-electron chi connectivity index (χ4n) is 2.17. The maximum Gasteiger partial charge on any atom is 0.0638 e. The minimum absolute atomic E-state index is 0. The Labute approximate surface area is 133 Å². The molecule has 0 aliphatic rings. The maximum atomic E-state index is 4.51. The normalized spacial score (nSPS) is 10.9. The predicted molar refractivity (Wildman–Crippen MR) is 87.7 cm³/mol. The van der Waals surface area contributed by atoms with Crippen LogP contribution < -0.4 is 5.32 Å². The molecule has 0 spiro atoms. The molecule has 0 saturated heterocycles. The largest absolute Gasteiger partial charge is 0.308 e. The number of hydrogen-bond donors (Lipinski definition) is 1. The van der Waals surface area contributed by atoms with E-state index in [0.29, 0.717) is 6.04 Å². The van der Waals surface area contributed by atoms with Crippen molar-refractivity contribution in [2.24, 2.45) is 0 Å². The first-order chi connectivity index (χ1) is 9.60. The van der Waals surface area contributed by atoms with Gasteiger partial charge in [0.05, 0.1) is 11.9 Å². The Morgan fingerprint density at radius 1 is 1.24 bits per heavy atom. The van der Waals surface area contributed by atoms with Crippen LogP contribution in [0.1, 0.15) is 50.1 Å². The van der Waals surface area contributed by atoms with Crippen molar-refractivity contribution in [3.05, 3.63) is 35.4 Å². The summed E-state index contributed by atoms with van der Waals surface area (Å²) in [6, 6.07) is 0.415. The van der Waals surface area contributed by atoms with Gasteiger partial charge in [-0.25, -0.2) is 0 Å². The van der Waals surface area contributed by atoms with Crippen LogP contribution in [-0.4, -0.2) is 19.6 Å². The molecule has 0 amide bonds. The molecule has 118 valence electrons. The third-order valence-corrected chi connectivity index (χ3v) is 3.33. The second-order valence-electron chi connectivity index (χ2n) is 5.53. The molecule has 0 aliphatic heterocycles. The molecule has 6 heteroatoms. The van der Waals surface area contributed by atoms with Gasteiger partial charge in [0.2, 0.25) is 0 Å². The fraction of sp³-hybridized carbons (Fsp3) is 0.600. The average molecular weight is 312 g/mol.